The van der Waals surface area contributed by atoms with Crippen molar-refractivity contribution in [3.05, 3.63) is 29.3 Å². The molecule has 130 valence electrons. The van der Waals surface area contributed by atoms with Crippen molar-refractivity contribution in [3.63, 3.8) is 0 Å². The van der Waals surface area contributed by atoms with Crippen molar-refractivity contribution >= 4 is 22.4 Å². The van der Waals surface area contributed by atoms with Crippen LogP contribution in [-0.4, -0.2) is 29.3 Å². The maximum atomic E-state index is 11.9. The second kappa shape index (κ2) is 9.87. The van der Waals surface area contributed by atoms with Crippen LogP contribution in [0.1, 0.15) is 38.1 Å². The zero-order valence-electron chi connectivity index (χ0n) is 14.1. The van der Waals surface area contributed by atoms with E-state index in [4.69, 9.17) is 9.47 Å². The lowest BCUT2D eigenvalue weighted by molar-refractivity contribution is -0.118. The Kier molecular flexibility index (Phi) is 7.48. The number of anilines is 1. The molecule has 1 N–H and O–H groups in total. The third-order valence-electron chi connectivity index (χ3n) is 3.21. The van der Waals surface area contributed by atoms with Crippen molar-refractivity contribution in [2.45, 2.75) is 39.5 Å². The highest BCUT2D eigenvalue weighted by atomic mass is 32.1. The van der Waals surface area contributed by atoms with E-state index in [-0.39, 0.29) is 12.5 Å². The zero-order valence-corrected chi connectivity index (χ0v) is 14.9. The molecule has 0 saturated heterocycles. The van der Waals surface area contributed by atoms with E-state index in [1.54, 1.807) is 12.1 Å². The molecule has 7 heteroatoms. The normalized spacial score (nSPS) is 10.4. The molecule has 0 aliphatic heterocycles. The number of aromatic nitrogens is 2. The molecular weight excluding hydrogens is 326 g/mol. The van der Waals surface area contributed by atoms with Gasteiger partial charge in [-0.1, -0.05) is 31.1 Å². The summed E-state index contributed by atoms with van der Waals surface area (Å²) >= 11 is 1.41. The molecule has 0 aliphatic rings. The number of hydrogen-bond donors (Lipinski definition) is 1. The van der Waals surface area contributed by atoms with Crippen LogP contribution in [-0.2, 0) is 11.2 Å². The first-order valence-corrected chi connectivity index (χ1v) is 9.00. The van der Waals surface area contributed by atoms with E-state index in [9.17, 15) is 4.79 Å². The lowest BCUT2D eigenvalue weighted by Gasteiger charge is -2.07. The predicted octanol–water partition coefficient (Wildman–Crippen LogP) is 3.69. The Hall–Kier alpha value is -2.15. The summed E-state index contributed by atoms with van der Waals surface area (Å²) in [6.45, 7) is 4.64. The van der Waals surface area contributed by atoms with Crippen molar-refractivity contribution in [2.24, 2.45) is 0 Å². The highest BCUT2D eigenvalue weighted by molar-refractivity contribution is 7.15. The number of amides is 1. The largest absolute Gasteiger partial charge is 0.494 e. The van der Waals surface area contributed by atoms with Gasteiger partial charge in [-0.3, -0.25) is 10.1 Å². The molecule has 0 atom stereocenters. The van der Waals surface area contributed by atoms with E-state index in [0.717, 1.165) is 23.6 Å². The number of carbonyl (C=O) groups excluding carboxylic acids is 1. The van der Waals surface area contributed by atoms with Crippen LogP contribution in [0.15, 0.2) is 24.3 Å². The van der Waals surface area contributed by atoms with Crippen molar-refractivity contribution in [2.75, 3.05) is 18.5 Å². The quantitative estimate of drug-likeness (QED) is 0.662. The monoisotopic (exact) mass is 349 g/mol. The van der Waals surface area contributed by atoms with Gasteiger partial charge in [0.1, 0.15) is 16.5 Å². The Morgan fingerprint density at radius 3 is 2.46 bits per heavy atom. The van der Waals surface area contributed by atoms with E-state index in [2.05, 4.69) is 22.4 Å². The molecule has 1 aromatic carbocycles. The molecule has 2 aromatic rings. The lowest BCUT2D eigenvalue weighted by atomic mass is 10.2. The molecule has 6 nitrogen and oxygen atoms in total. The number of aryl methyl sites for hydroxylation is 1. The Morgan fingerprint density at radius 1 is 1.08 bits per heavy atom. The number of hydrogen-bond acceptors (Lipinski definition) is 6. The van der Waals surface area contributed by atoms with Crippen LogP contribution in [0.3, 0.4) is 0 Å². The van der Waals surface area contributed by atoms with Gasteiger partial charge in [0.15, 0.2) is 6.61 Å². The fraction of sp³-hybridized carbons (Fsp3) is 0.471. The topological polar surface area (TPSA) is 73.3 Å². The zero-order chi connectivity index (χ0) is 17.2. The van der Waals surface area contributed by atoms with Crippen molar-refractivity contribution < 1.29 is 14.3 Å². The number of nitrogens with one attached hydrogen (secondary N) is 1. The minimum Gasteiger partial charge on any atom is -0.494 e. The van der Waals surface area contributed by atoms with E-state index in [1.807, 2.05) is 19.1 Å². The number of carbonyl (C=O) groups is 1. The van der Waals surface area contributed by atoms with E-state index in [1.165, 1.54) is 24.2 Å². The number of ether oxygens (including phenoxy) is 2. The van der Waals surface area contributed by atoms with E-state index < -0.39 is 0 Å². The molecule has 2 rings (SSSR count). The minimum absolute atomic E-state index is 0.0707. The second-order valence-corrected chi connectivity index (χ2v) is 6.26. The molecule has 1 amide bonds. The molecule has 0 fully saturated rings. The Balaban J connectivity index is 1.74. The number of unbranched alkanes of at least 4 members (excludes halogenated alkanes) is 2. The van der Waals surface area contributed by atoms with Crippen molar-refractivity contribution in [1.82, 2.24) is 10.2 Å². The molecule has 0 radical (unpaired) electrons. The lowest BCUT2D eigenvalue weighted by Crippen LogP contribution is -2.20. The van der Waals surface area contributed by atoms with Crippen LogP contribution in [0.25, 0.3) is 0 Å². The molecule has 1 heterocycles. The molecule has 0 saturated carbocycles. The van der Waals surface area contributed by atoms with Gasteiger partial charge in [-0.25, -0.2) is 0 Å². The molecule has 0 unspecified atom stereocenters. The van der Waals surface area contributed by atoms with Gasteiger partial charge in [-0.05, 0) is 37.6 Å². The van der Waals surface area contributed by atoms with Crippen LogP contribution in [0.4, 0.5) is 5.13 Å². The third-order valence-corrected chi connectivity index (χ3v) is 4.11. The molecule has 0 spiro atoms. The van der Waals surface area contributed by atoms with Gasteiger partial charge in [0.2, 0.25) is 5.13 Å². The minimum atomic E-state index is -0.250. The first kappa shape index (κ1) is 18.2. The fourth-order valence-corrected chi connectivity index (χ4v) is 2.83. The summed E-state index contributed by atoms with van der Waals surface area (Å²) in [5, 5.41) is 12.2. The maximum Gasteiger partial charge on any atom is 0.264 e. The first-order valence-electron chi connectivity index (χ1n) is 8.19. The first-order chi connectivity index (χ1) is 11.7. The number of rotatable bonds is 10. The fourth-order valence-electron chi connectivity index (χ4n) is 2.03. The predicted molar refractivity (Wildman–Crippen MR) is 94.9 cm³/mol. The van der Waals surface area contributed by atoms with Gasteiger partial charge < -0.3 is 9.47 Å². The molecule has 0 aliphatic carbocycles. The summed E-state index contributed by atoms with van der Waals surface area (Å²) in [7, 11) is 0. The summed E-state index contributed by atoms with van der Waals surface area (Å²) in [4.78, 5) is 11.9. The van der Waals surface area contributed by atoms with Crippen LogP contribution < -0.4 is 14.8 Å². The highest BCUT2D eigenvalue weighted by Gasteiger charge is 2.09. The van der Waals surface area contributed by atoms with Crippen molar-refractivity contribution in [1.29, 1.82) is 0 Å². The molecule has 24 heavy (non-hydrogen) atoms. The second-order valence-electron chi connectivity index (χ2n) is 5.20. The summed E-state index contributed by atoms with van der Waals surface area (Å²) in [5.74, 6) is 1.14. The smallest absolute Gasteiger partial charge is 0.264 e. The van der Waals surface area contributed by atoms with Gasteiger partial charge in [0, 0.05) is 6.42 Å². The Morgan fingerprint density at radius 2 is 1.79 bits per heavy atom. The van der Waals surface area contributed by atoms with Crippen LogP contribution >= 0.6 is 11.3 Å². The molecule has 0 bridgehead atoms. The average molecular weight is 349 g/mol. The summed E-state index contributed by atoms with van der Waals surface area (Å²) in [6, 6.07) is 7.16. The summed E-state index contributed by atoms with van der Waals surface area (Å²) in [5.41, 5.74) is 0. The van der Waals surface area contributed by atoms with Crippen LogP contribution in [0, 0.1) is 0 Å². The number of nitrogens with zero attached hydrogens (tertiary/aromatic N) is 2. The Labute approximate surface area is 146 Å². The van der Waals surface area contributed by atoms with Crippen molar-refractivity contribution in [3.8, 4) is 11.5 Å². The van der Waals surface area contributed by atoms with Gasteiger partial charge in [0.25, 0.3) is 5.91 Å². The summed E-state index contributed by atoms with van der Waals surface area (Å²) < 4.78 is 10.8. The molecular formula is C17H23N3O3S. The average Bonchev–Trinajstić information content (AvgIpc) is 3.02. The van der Waals surface area contributed by atoms with Crippen LogP contribution in [0.5, 0.6) is 11.5 Å². The third kappa shape index (κ3) is 6.16. The van der Waals surface area contributed by atoms with Gasteiger partial charge >= 0.3 is 0 Å². The molecule has 1 aromatic heterocycles. The Bertz CT molecular complexity index is 628. The standard InChI is InChI=1S/C17H23N3O3S/c1-3-5-6-7-16-19-20-17(24-16)18-15(21)12-23-14-10-8-13(9-11-14)22-4-2/h8-11H,3-7,12H2,1-2H3,(H,18,20,21). The van der Waals surface area contributed by atoms with Gasteiger partial charge in [-0.2, -0.15) is 0 Å². The summed E-state index contributed by atoms with van der Waals surface area (Å²) in [6.07, 6.45) is 4.35. The maximum absolute atomic E-state index is 11.9. The SMILES string of the molecule is CCCCCc1nnc(NC(=O)COc2ccc(OCC)cc2)s1. The van der Waals surface area contributed by atoms with Gasteiger partial charge in [-0.15, -0.1) is 10.2 Å². The van der Waals surface area contributed by atoms with E-state index >= 15 is 0 Å². The number of benzene rings is 1. The highest BCUT2D eigenvalue weighted by Crippen LogP contribution is 2.19. The van der Waals surface area contributed by atoms with Gasteiger partial charge in [0.05, 0.1) is 6.61 Å². The van der Waals surface area contributed by atoms with E-state index in [0.29, 0.717) is 17.5 Å². The van der Waals surface area contributed by atoms with Crippen LogP contribution in [0.2, 0.25) is 0 Å².